The normalized spacial score (nSPS) is 11.3. The van der Waals surface area contributed by atoms with Crippen LogP contribution < -0.4 is 5.69 Å². The zero-order valence-corrected chi connectivity index (χ0v) is 13.4. The van der Waals surface area contributed by atoms with Gasteiger partial charge in [0.1, 0.15) is 10.2 Å². The van der Waals surface area contributed by atoms with Gasteiger partial charge in [0.05, 0.1) is 13.2 Å². The van der Waals surface area contributed by atoms with Crippen molar-refractivity contribution in [3.05, 3.63) is 15.1 Å². The van der Waals surface area contributed by atoms with Crippen LogP contribution in [-0.2, 0) is 18.3 Å². The highest BCUT2D eigenvalue weighted by Crippen LogP contribution is 2.19. The van der Waals surface area contributed by atoms with Gasteiger partial charge in [0.2, 0.25) is 0 Å². The van der Waals surface area contributed by atoms with Crippen LogP contribution in [0.15, 0.2) is 9.95 Å². The van der Waals surface area contributed by atoms with Crippen molar-refractivity contribution in [2.24, 2.45) is 7.05 Å². The predicted molar refractivity (Wildman–Crippen MR) is 83.0 cm³/mol. The molecule has 0 atom stereocenters. The van der Waals surface area contributed by atoms with E-state index in [1.807, 2.05) is 0 Å². The molecule has 0 radical (unpaired) electrons. The van der Waals surface area contributed by atoms with E-state index in [9.17, 15) is 4.79 Å². The SMILES string of the molecule is CCCSc1nc2c([nH]1)c(=S)n(C)c(=O)n2CCOC. The van der Waals surface area contributed by atoms with Crippen LogP contribution in [0.2, 0.25) is 0 Å². The number of thioether (sulfide) groups is 1. The summed E-state index contributed by atoms with van der Waals surface area (Å²) in [7, 11) is 3.28. The Hall–Kier alpha value is -1.12. The number of aromatic nitrogens is 4. The van der Waals surface area contributed by atoms with Gasteiger partial charge in [-0.1, -0.05) is 30.9 Å². The Morgan fingerprint density at radius 3 is 2.90 bits per heavy atom. The number of methoxy groups -OCH3 is 1. The lowest BCUT2D eigenvalue weighted by Gasteiger charge is -2.08. The first-order chi connectivity index (χ1) is 9.60. The van der Waals surface area contributed by atoms with Crippen LogP contribution in [0, 0.1) is 4.64 Å². The van der Waals surface area contributed by atoms with Crippen LogP contribution in [-0.4, -0.2) is 38.6 Å². The molecule has 110 valence electrons. The van der Waals surface area contributed by atoms with Gasteiger partial charge in [-0.3, -0.25) is 9.13 Å². The number of fused-ring (bicyclic) bond motifs is 1. The standard InChI is InChI=1S/C12H18N4O2S2/c1-4-7-20-11-13-8-9(14-11)16(5-6-18-3)12(17)15(2)10(8)19/h4-7H2,1-3H3,(H,13,14). The van der Waals surface area contributed by atoms with Gasteiger partial charge in [-0.2, -0.15) is 0 Å². The number of hydrogen-bond acceptors (Lipinski definition) is 5. The number of aromatic amines is 1. The molecule has 0 fully saturated rings. The number of H-pyrrole nitrogens is 1. The van der Waals surface area contributed by atoms with Gasteiger partial charge < -0.3 is 9.72 Å². The summed E-state index contributed by atoms with van der Waals surface area (Å²) in [5, 5.41) is 0.796. The van der Waals surface area contributed by atoms with Gasteiger partial charge in [-0.25, -0.2) is 9.78 Å². The van der Waals surface area contributed by atoms with E-state index >= 15 is 0 Å². The second kappa shape index (κ2) is 6.55. The number of hydrogen-bond donors (Lipinski definition) is 1. The number of imidazole rings is 1. The van der Waals surface area contributed by atoms with E-state index in [4.69, 9.17) is 17.0 Å². The quantitative estimate of drug-likeness (QED) is 0.652. The average molecular weight is 314 g/mol. The molecule has 2 aromatic heterocycles. The molecule has 0 spiro atoms. The number of rotatable bonds is 6. The van der Waals surface area contributed by atoms with Crippen LogP contribution >= 0.6 is 24.0 Å². The highest BCUT2D eigenvalue weighted by Gasteiger charge is 2.13. The molecule has 2 aromatic rings. The van der Waals surface area contributed by atoms with Crippen molar-refractivity contribution in [1.82, 2.24) is 19.1 Å². The molecule has 20 heavy (non-hydrogen) atoms. The van der Waals surface area contributed by atoms with Crippen molar-refractivity contribution in [3.63, 3.8) is 0 Å². The number of nitrogens with zero attached hydrogens (tertiary/aromatic N) is 3. The maximum atomic E-state index is 12.3. The third kappa shape index (κ3) is 2.82. The predicted octanol–water partition coefficient (Wildman–Crippen LogP) is 1.94. The minimum Gasteiger partial charge on any atom is -0.383 e. The van der Waals surface area contributed by atoms with Crippen molar-refractivity contribution in [2.45, 2.75) is 25.0 Å². The highest BCUT2D eigenvalue weighted by molar-refractivity contribution is 7.99. The fourth-order valence-electron chi connectivity index (χ4n) is 1.86. The van der Waals surface area contributed by atoms with Gasteiger partial charge in [0, 0.05) is 19.9 Å². The third-order valence-electron chi connectivity index (χ3n) is 2.92. The summed E-state index contributed by atoms with van der Waals surface area (Å²) < 4.78 is 8.59. The molecule has 0 unspecified atom stereocenters. The van der Waals surface area contributed by atoms with Gasteiger partial charge in [0.25, 0.3) is 0 Å². The Morgan fingerprint density at radius 1 is 1.50 bits per heavy atom. The molecule has 0 amide bonds. The minimum absolute atomic E-state index is 0.168. The molecule has 0 aliphatic carbocycles. The Kier molecular flexibility index (Phi) is 5.00. The molecule has 0 aliphatic heterocycles. The van der Waals surface area contributed by atoms with Crippen LogP contribution in [0.5, 0.6) is 0 Å². The van der Waals surface area contributed by atoms with E-state index in [2.05, 4.69) is 16.9 Å². The summed E-state index contributed by atoms with van der Waals surface area (Å²) in [5.74, 6) is 0.973. The topological polar surface area (TPSA) is 64.8 Å². The summed E-state index contributed by atoms with van der Waals surface area (Å²) in [6, 6.07) is 0. The maximum absolute atomic E-state index is 12.3. The summed E-state index contributed by atoms with van der Waals surface area (Å²) in [5.41, 5.74) is 1.17. The van der Waals surface area contributed by atoms with Crippen LogP contribution in [0.25, 0.3) is 11.2 Å². The Morgan fingerprint density at radius 2 is 2.25 bits per heavy atom. The molecule has 0 saturated heterocycles. The molecule has 2 heterocycles. The zero-order valence-electron chi connectivity index (χ0n) is 11.8. The molecule has 0 saturated carbocycles. The van der Waals surface area contributed by atoms with Crippen molar-refractivity contribution in [1.29, 1.82) is 0 Å². The van der Waals surface area contributed by atoms with E-state index in [-0.39, 0.29) is 5.69 Å². The van der Waals surface area contributed by atoms with Gasteiger partial charge in [-0.05, 0) is 6.42 Å². The molecule has 2 rings (SSSR count). The van der Waals surface area contributed by atoms with E-state index in [1.165, 1.54) is 4.57 Å². The first kappa shape index (κ1) is 15.3. The summed E-state index contributed by atoms with van der Waals surface area (Å²) in [6.07, 6.45) is 1.06. The first-order valence-corrected chi connectivity index (χ1v) is 7.80. The Balaban J connectivity index is 2.60. The second-order valence-electron chi connectivity index (χ2n) is 4.38. The maximum Gasteiger partial charge on any atom is 0.330 e. The molecular weight excluding hydrogens is 296 g/mol. The van der Waals surface area contributed by atoms with E-state index in [0.717, 1.165) is 22.8 Å². The van der Waals surface area contributed by atoms with Crippen molar-refractivity contribution < 1.29 is 4.74 Å². The smallest absolute Gasteiger partial charge is 0.330 e. The molecule has 0 bridgehead atoms. The largest absolute Gasteiger partial charge is 0.383 e. The molecule has 1 N–H and O–H groups in total. The average Bonchev–Trinajstić information content (AvgIpc) is 2.87. The van der Waals surface area contributed by atoms with Gasteiger partial charge in [0.15, 0.2) is 10.8 Å². The zero-order chi connectivity index (χ0) is 14.7. The van der Waals surface area contributed by atoms with Crippen LogP contribution in [0.4, 0.5) is 0 Å². The molecule has 0 aliphatic rings. The fraction of sp³-hybridized carbons (Fsp3) is 0.583. The molecular formula is C12H18N4O2S2. The third-order valence-corrected chi connectivity index (χ3v) is 4.47. The lowest BCUT2D eigenvalue weighted by atomic mass is 10.5. The molecule has 0 aromatic carbocycles. The lowest BCUT2D eigenvalue weighted by Crippen LogP contribution is -2.31. The summed E-state index contributed by atoms with van der Waals surface area (Å²) in [6.45, 7) is 3.02. The van der Waals surface area contributed by atoms with Crippen molar-refractivity contribution in [3.8, 4) is 0 Å². The monoisotopic (exact) mass is 314 g/mol. The molecule has 6 nitrogen and oxygen atoms in total. The van der Waals surface area contributed by atoms with E-state index in [1.54, 1.807) is 30.5 Å². The lowest BCUT2D eigenvalue weighted by molar-refractivity contribution is 0.186. The van der Waals surface area contributed by atoms with Crippen LogP contribution in [0.1, 0.15) is 13.3 Å². The Bertz CT molecular complexity index is 717. The first-order valence-electron chi connectivity index (χ1n) is 6.41. The minimum atomic E-state index is -0.168. The molecule has 8 heteroatoms. The van der Waals surface area contributed by atoms with Crippen molar-refractivity contribution >= 4 is 35.1 Å². The van der Waals surface area contributed by atoms with Crippen molar-refractivity contribution in [2.75, 3.05) is 19.5 Å². The second-order valence-corrected chi connectivity index (χ2v) is 5.85. The van der Waals surface area contributed by atoms with E-state index < -0.39 is 0 Å². The summed E-state index contributed by atoms with van der Waals surface area (Å²) in [4.78, 5) is 20.0. The van der Waals surface area contributed by atoms with Crippen LogP contribution in [0.3, 0.4) is 0 Å². The van der Waals surface area contributed by atoms with Gasteiger partial charge in [-0.15, -0.1) is 0 Å². The number of ether oxygens (including phenoxy) is 1. The van der Waals surface area contributed by atoms with Gasteiger partial charge >= 0.3 is 5.69 Å². The highest BCUT2D eigenvalue weighted by atomic mass is 32.2. The fourth-order valence-corrected chi connectivity index (χ4v) is 2.81. The number of nitrogens with one attached hydrogen (secondary N) is 1. The van der Waals surface area contributed by atoms with E-state index in [0.29, 0.717) is 23.4 Å². The Labute approximate surface area is 126 Å². The summed E-state index contributed by atoms with van der Waals surface area (Å²) >= 11 is 6.95.